The maximum absolute atomic E-state index is 6.12. The van der Waals surface area contributed by atoms with Gasteiger partial charge in [-0.1, -0.05) is 192 Å². The molecular formula is C52H92N2O2. The van der Waals surface area contributed by atoms with E-state index in [4.69, 9.17) is 9.47 Å². The second-order valence-corrected chi connectivity index (χ2v) is 17.0. The zero-order chi connectivity index (χ0) is 40.0. The lowest BCUT2D eigenvalue weighted by Gasteiger charge is -2.22. The maximum Gasteiger partial charge on any atom is 0.0716 e. The largest absolute Gasteiger partial charge is 0.377 e. The average Bonchev–Trinajstić information content (AvgIpc) is 3.22. The molecule has 0 fully saturated rings. The van der Waals surface area contributed by atoms with Gasteiger partial charge in [0.15, 0.2) is 0 Å². The molecule has 0 saturated heterocycles. The molecule has 4 nitrogen and oxygen atoms in total. The highest BCUT2D eigenvalue weighted by Gasteiger charge is 2.07. The third kappa shape index (κ3) is 27.8. The molecule has 0 aliphatic carbocycles. The van der Waals surface area contributed by atoms with E-state index in [0.29, 0.717) is 13.2 Å². The molecule has 2 aromatic rings. The van der Waals surface area contributed by atoms with Crippen molar-refractivity contribution in [2.24, 2.45) is 0 Å². The molecule has 0 atom stereocenters. The number of nitrogens with zero attached hydrogens (tertiary/aromatic N) is 2. The molecule has 0 bridgehead atoms. The molecule has 0 amide bonds. The summed E-state index contributed by atoms with van der Waals surface area (Å²) in [5, 5.41) is 0. The topological polar surface area (TPSA) is 24.9 Å². The van der Waals surface area contributed by atoms with Gasteiger partial charge < -0.3 is 19.3 Å². The van der Waals surface area contributed by atoms with Gasteiger partial charge >= 0.3 is 0 Å². The maximum atomic E-state index is 6.12. The van der Waals surface area contributed by atoms with Crippen LogP contribution in [0, 0.1) is 0 Å². The summed E-state index contributed by atoms with van der Waals surface area (Å²) in [7, 11) is 0. The fourth-order valence-electron chi connectivity index (χ4n) is 7.83. The summed E-state index contributed by atoms with van der Waals surface area (Å²) in [5.74, 6) is 0. The molecule has 0 aromatic heterocycles. The van der Waals surface area contributed by atoms with Crippen molar-refractivity contribution in [2.75, 3.05) is 52.5 Å². The SMILES string of the molecule is CCCCCCCCN(CCCCCCC)CCCCOCc1ccc(-c2ccc(COCCCCN(CCCCCCC)CCCCCCCC)cc2)cc1. The van der Waals surface area contributed by atoms with Gasteiger partial charge in [-0.25, -0.2) is 0 Å². The summed E-state index contributed by atoms with van der Waals surface area (Å²) in [5.41, 5.74) is 5.04. The van der Waals surface area contributed by atoms with E-state index < -0.39 is 0 Å². The minimum Gasteiger partial charge on any atom is -0.377 e. The molecule has 4 heteroatoms. The Hall–Kier alpha value is -1.72. The van der Waals surface area contributed by atoms with E-state index in [9.17, 15) is 0 Å². The van der Waals surface area contributed by atoms with E-state index >= 15 is 0 Å². The standard InChI is InChI=1S/C52H92N2O2/c1-5-9-13-17-21-25-41-53(39-23-19-15-11-7-3)43-27-29-45-55-47-49-31-35-51(36-32-49)52-37-33-50(34-38-52)48-56-46-30-28-44-54(40-24-20-16-12-8-4)42-26-22-18-14-10-6-2/h31-38H,5-30,39-48H2,1-4H3. The number of hydrogen-bond acceptors (Lipinski definition) is 4. The van der Waals surface area contributed by atoms with E-state index in [1.54, 1.807) is 0 Å². The zero-order valence-electron chi connectivity index (χ0n) is 37.8. The van der Waals surface area contributed by atoms with Crippen LogP contribution in [0.25, 0.3) is 11.1 Å². The van der Waals surface area contributed by atoms with Crippen molar-refractivity contribution in [1.82, 2.24) is 9.80 Å². The van der Waals surface area contributed by atoms with Crippen molar-refractivity contribution in [2.45, 2.75) is 208 Å². The number of ether oxygens (including phenoxy) is 2. The highest BCUT2D eigenvalue weighted by Crippen LogP contribution is 2.21. The van der Waals surface area contributed by atoms with Gasteiger partial charge in [-0.05, 0) is 113 Å². The highest BCUT2D eigenvalue weighted by molar-refractivity contribution is 5.63. The van der Waals surface area contributed by atoms with E-state index in [-0.39, 0.29) is 0 Å². The van der Waals surface area contributed by atoms with Crippen LogP contribution in [0.3, 0.4) is 0 Å². The Labute approximate surface area is 349 Å². The van der Waals surface area contributed by atoms with Crippen LogP contribution in [0.2, 0.25) is 0 Å². The van der Waals surface area contributed by atoms with Crippen molar-refractivity contribution in [3.8, 4) is 11.1 Å². The van der Waals surface area contributed by atoms with Gasteiger partial charge in [0.1, 0.15) is 0 Å². The lowest BCUT2D eigenvalue weighted by atomic mass is 10.0. The molecule has 0 saturated carbocycles. The van der Waals surface area contributed by atoms with Crippen LogP contribution in [0.15, 0.2) is 48.5 Å². The first-order chi connectivity index (χ1) is 27.7. The van der Waals surface area contributed by atoms with Crippen LogP contribution in [-0.4, -0.2) is 62.3 Å². The average molecular weight is 777 g/mol. The fraction of sp³-hybridized carbons (Fsp3) is 0.769. The third-order valence-corrected chi connectivity index (χ3v) is 11.6. The minimum absolute atomic E-state index is 0.700. The molecule has 2 aromatic carbocycles. The summed E-state index contributed by atoms with van der Waals surface area (Å²) in [6.45, 7) is 19.9. The second kappa shape index (κ2) is 37.5. The van der Waals surface area contributed by atoms with E-state index in [2.05, 4.69) is 86.0 Å². The van der Waals surface area contributed by atoms with Gasteiger partial charge in [0.25, 0.3) is 0 Å². The van der Waals surface area contributed by atoms with Gasteiger partial charge in [-0.15, -0.1) is 0 Å². The predicted molar refractivity (Wildman–Crippen MR) is 247 cm³/mol. The quantitative estimate of drug-likeness (QED) is 0.0628. The Balaban J connectivity index is 1.62. The minimum atomic E-state index is 0.700. The molecule has 0 heterocycles. The molecule has 0 aliphatic heterocycles. The molecule has 0 aliphatic rings. The number of hydrogen-bond donors (Lipinski definition) is 0. The monoisotopic (exact) mass is 777 g/mol. The number of rotatable bonds is 41. The van der Waals surface area contributed by atoms with E-state index in [1.807, 2.05) is 0 Å². The summed E-state index contributed by atoms with van der Waals surface area (Å²) in [4.78, 5) is 5.49. The van der Waals surface area contributed by atoms with Crippen LogP contribution in [0.5, 0.6) is 0 Å². The third-order valence-electron chi connectivity index (χ3n) is 11.6. The molecule has 0 spiro atoms. The molecule has 0 unspecified atom stereocenters. The van der Waals surface area contributed by atoms with Crippen LogP contribution >= 0.6 is 0 Å². The Kier molecular flexibility index (Phi) is 33.8. The van der Waals surface area contributed by atoms with Crippen molar-refractivity contribution >= 4 is 0 Å². The van der Waals surface area contributed by atoms with Crippen LogP contribution in [0.1, 0.15) is 206 Å². The van der Waals surface area contributed by atoms with Crippen molar-refractivity contribution < 1.29 is 9.47 Å². The molecule has 2 rings (SSSR count). The van der Waals surface area contributed by atoms with Crippen LogP contribution < -0.4 is 0 Å². The number of unbranched alkanes of at least 4 members (excludes halogenated alkanes) is 20. The summed E-state index contributed by atoms with van der Waals surface area (Å²) in [6.07, 6.45) is 35.1. The zero-order valence-corrected chi connectivity index (χ0v) is 37.8. The summed E-state index contributed by atoms with van der Waals surface area (Å²) >= 11 is 0. The van der Waals surface area contributed by atoms with Gasteiger partial charge in [0.05, 0.1) is 13.2 Å². The first-order valence-electron chi connectivity index (χ1n) is 24.5. The first-order valence-corrected chi connectivity index (χ1v) is 24.5. The van der Waals surface area contributed by atoms with Gasteiger partial charge in [-0.3, -0.25) is 0 Å². The van der Waals surface area contributed by atoms with Crippen molar-refractivity contribution in [3.63, 3.8) is 0 Å². The number of benzene rings is 2. The Morgan fingerprint density at radius 1 is 0.304 bits per heavy atom. The highest BCUT2D eigenvalue weighted by atomic mass is 16.5. The molecule has 322 valence electrons. The smallest absolute Gasteiger partial charge is 0.0716 e. The normalized spacial score (nSPS) is 11.8. The van der Waals surface area contributed by atoms with Gasteiger partial charge in [-0.2, -0.15) is 0 Å². The second-order valence-electron chi connectivity index (χ2n) is 17.0. The van der Waals surface area contributed by atoms with Crippen LogP contribution in [-0.2, 0) is 22.7 Å². The van der Waals surface area contributed by atoms with Crippen molar-refractivity contribution in [3.05, 3.63) is 59.7 Å². The van der Waals surface area contributed by atoms with E-state index in [0.717, 1.165) is 26.1 Å². The first kappa shape index (κ1) is 50.4. The van der Waals surface area contributed by atoms with Crippen LogP contribution in [0.4, 0.5) is 0 Å². The lowest BCUT2D eigenvalue weighted by Crippen LogP contribution is -2.27. The fourth-order valence-corrected chi connectivity index (χ4v) is 7.83. The summed E-state index contributed by atoms with van der Waals surface area (Å²) < 4.78 is 12.2. The Morgan fingerprint density at radius 2 is 0.554 bits per heavy atom. The van der Waals surface area contributed by atoms with E-state index in [1.165, 1.54) is 216 Å². The Morgan fingerprint density at radius 3 is 0.839 bits per heavy atom. The molecule has 0 N–H and O–H groups in total. The van der Waals surface area contributed by atoms with Gasteiger partial charge in [0.2, 0.25) is 0 Å². The Bertz CT molecular complexity index is 1000. The molecule has 0 radical (unpaired) electrons. The summed E-state index contributed by atoms with van der Waals surface area (Å²) in [6, 6.07) is 17.9. The van der Waals surface area contributed by atoms with Gasteiger partial charge in [0, 0.05) is 13.2 Å². The lowest BCUT2D eigenvalue weighted by molar-refractivity contribution is 0.114. The van der Waals surface area contributed by atoms with Crippen molar-refractivity contribution in [1.29, 1.82) is 0 Å². The predicted octanol–water partition coefficient (Wildman–Crippen LogP) is 15.2. The molecular weight excluding hydrogens is 685 g/mol. The molecule has 56 heavy (non-hydrogen) atoms.